The number of Topliss-reactive ketones (excluding diaryl/α,β-unsaturated/α-hetero) is 2. The van der Waals surface area contributed by atoms with Gasteiger partial charge in [-0.1, -0.05) is 29.8 Å². The van der Waals surface area contributed by atoms with E-state index in [1.807, 2.05) is 13.8 Å². The van der Waals surface area contributed by atoms with Crippen LogP contribution < -0.4 is 0 Å². The van der Waals surface area contributed by atoms with Gasteiger partial charge in [-0.25, -0.2) is 14.6 Å². The first-order valence-corrected chi connectivity index (χ1v) is 24.0. The van der Waals surface area contributed by atoms with E-state index in [1.54, 1.807) is 11.0 Å². The fraction of sp³-hybridized carbons (Fsp3) is 0.870. The molecule has 316 valence electrons. The maximum Gasteiger partial charge on any atom is 0.157 e. The largest absolute Gasteiger partial charge is 0.390 e. The predicted octanol–water partition coefficient (Wildman–Crippen LogP) is 8.64. The molecule has 8 fully saturated rings. The molecule has 8 aliphatic carbocycles. The number of rotatable bonds is 5. The van der Waals surface area contributed by atoms with Gasteiger partial charge in [0.25, 0.3) is 0 Å². The molecular formula is C46H71BrN6O4. The van der Waals surface area contributed by atoms with Gasteiger partial charge in [0.1, 0.15) is 37.6 Å². The minimum Gasteiger partial charge on any atom is -0.390 e. The molecule has 0 saturated heterocycles. The Kier molecular flexibility index (Phi) is 12.1. The zero-order valence-corrected chi connectivity index (χ0v) is 36.8. The van der Waals surface area contributed by atoms with Gasteiger partial charge in [0.2, 0.25) is 0 Å². The summed E-state index contributed by atoms with van der Waals surface area (Å²) in [7, 11) is 0. The van der Waals surface area contributed by atoms with Crippen LogP contribution in [0.3, 0.4) is 0 Å². The van der Waals surface area contributed by atoms with Crippen LogP contribution >= 0.6 is 15.9 Å². The first-order chi connectivity index (χ1) is 27.2. The van der Waals surface area contributed by atoms with E-state index in [0.29, 0.717) is 35.3 Å². The van der Waals surface area contributed by atoms with Crippen molar-refractivity contribution in [2.45, 2.75) is 161 Å². The van der Waals surface area contributed by atoms with Gasteiger partial charge in [0.05, 0.1) is 16.5 Å². The number of H-pyrrole nitrogens is 1. The van der Waals surface area contributed by atoms with E-state index in [-0.39, 0.29) is 16.7 Å². The first-order valence-electron chi connectivity index (χ1n) is 22.9. The predicted molar refractivity (Wildman–Crippen MR) is 223 cm³/mol. The highest BCUT2D eigenvalue weighted by atomic mass is 79.9. The molecule has 2 aromatic rings. The molecule has 0 spiro atoms. The topological polar surface area (TPSA) is 147 Å². The SMILES string of the molecule is C[C@@]1(O)CC[C@H]2[C@H](CC[C@@H]3[C@@H]2CC[C@]2(C)[C@@H](C(=O)CBr)CC[C@@H]32)C1.C[C@@]1(O)CC[C@H]2[C@H](CC[C@@H]3[C@@H]2CC[C@]2(C)[C@@H](C(=O)Cn4cncn4)CC[C@@H]32)C1.c1nc[nH]n1. The number of aromatic amines is 1. The highest BCUT2D eigenvalue weighted by Crippen LogP contribution is 2.66. The second-order valence-corrected chi connectivity index (χ2v) is 22.1. The van der Waals surface area contributed by atoms with Crippen LogP contribution in [0.15, 0.2) is 25.3 Å². The van der Waals surface area contributed by atoms with E-state index >= 15 is 0 Å². The van der Waals surface area contributed by atoms with Crippen LogP contribution in [0, 0.1) is 81.8 Å². The molecule has 2 aromatic heterocycles. The number of halogens is 1. The summed E-state index contributed by atoms with van der Waals surface area (Å²) >= 11 is 3.42. The summed E-state index contributed by atoms with van der Waals surface area (Å²) in [4.78, 5) is 33.1. The highest BCUT2D eigenvalue weighted by molar-refractivity contribution is 9.09. The van der Waals surface area contributed by atoms with Gasteiger partial charge in [-0.2, -0.15) is 10.2 Å². The lowest BCUT2D eigenvalue weighted by Crippen LogP contribution is -2.51. The van der Waals surface area contributed by atoms with E-state index in [1.165, 1.54) is 96.0 Å². The average molecular weight is 852 g/mol. The monoisotopic (exact) mass is 850 g/mol. The van der Waals surface area contributed by atoms with Crippen LogP contribution in [0.4, 0.5) is 0 Å². The number of nitrogens with one attached hydrogen (secondary N) is 1. The summed E-state index contributed by atoms with van der Waals surface area (Å²) in [6.07, 6.45) is 27.5. The standard InChI is InChI=1S/C23H35N3O2.C21H33BrO2.C2H3N3/c1-22(28)9-7-16-15(11-22)3-4-18-17(16)8-10-23(2)19(18)5-6-20(23)21(27)12-26-14-24-13-25-26;1-20(24)9-7-14-13(11-20)3-4-16-15(14)8-10-21(2)17(16)5-6-18(21)19(23)12-22;1-3-2-5-4-1/h13-20,28H,3-12H2,1-2H3;13-18,24H,3-12H2,1-2H3;1-2H,(H,3,4,5)/t15-,16+,17-,18-,19+,20-,22-,23+;13-,14+,15-,16-,17+,18-,20-,21+;/m11./s1. The minimum atomic E-state index is -0.441. The second-order valence-electron chi connectivity index (χ2n) is 21.5. The van der Waals surface area contributed by atoms with E-state index < -0.39 is 11.2 Å². The second kappa shape index (κ2) is 16.5. The molecule has 11 heteroatoms. The number of fused-ring (bicyclic) bond motifs is 10. The van der Waals surface area contributed by atoms with E-state index in [4.69, 9.17) is 0 Å². The summed E-state index contributed by atoms with van der Waals surface area (Å²) in [5.74, 6) is 9.25. The van der Waals surface area contributed by atoms with Gasteiger partial charge >= 0.3 is 0 Å². The van der Waals surface area contributed by atoms with Crippen molar-refractivity contribution < 1.29 is 19.8 Å². The maximum absolute atomic E-state index is 13.1. The number of aliphatic hydroxyl groups is 2. The lowest BCUT2D eigenvalue weighted by molar-refractivity contribution is -0.133. The third-order valence-corrected chi connectivity index (χ3v) is 19.1. The quantitative estimate of drug-likeness (QED) is 0.254. The van der Waals surface area contributed by atoms with Crippen LogP contribution in [0.1, 0.15) is 143 Å². The molecule has 8 saturated carbocycles. The third kappa shape index (κ3) is 8.14. The Labute approximate surface area is 349 Å². The molecule has 0 bridgehead atoms. The van der Waals surface area contributed by atoms with Crippen molar-refractivity contribution in [3.05, 3.63) is 25.3 Å². The van der Waals surface area contributed by atoms with Gasteiger partial charge in [0, 0.05) is 11.8 Å². The molecule has 16 atom stereocenters. The first kappa shape index (κ1) is 41.7. The molecule has 10 nitrogen and oxygen atoms in total. The van der Waals surface area contributed by atoms with Crippen molar-refractivity contribution in [2.24, 2.45) is 81.8 Å². The number of hydrogen-bond acceptors (Lipinski definition) is 8. The molecule has 2 heterocycles. The zero-order valence-electron chi connectivity index (χ0n) is 35.2. The van der Waals surface area contributed by atoms with Crippen molar-refractivity contribution in [1.82, 2.24) is 29.9 Å². The van der Waals surface area contributed by atoms with Crippen molar-refractivity contribution in [3.8, 4) is 0 Å². The van der Waals surface area contributed by atoms with Crippen LogP contribution in [-0.2, 0) is 16.1 Å². The van der Waals surface area contributed by atoms with Gasteiger partial charge < -0.3 is 10.2 Å². The molecule has 0 unspecified atom stereocenters. The Morgan fingerprint density at radius 2 is 1.18 bits per heavy atom. The highest BCUT2D eigenvalue weighted by Gasteiger charge is 2.60. The Morgan fingerprint density at radius 1 is 0.649 bits per heavy atom. The molecular weight excluding hydrogens is 780 g/mol. The molecule has 0 radical (unpaired) electrons. The third-order valence-electron chi connectivity index (χ3n) is 18.5. The summed E-state index contributed by atoms with van der Waals surface area (Å²) in [6.45, 7) is 9.31. The van der Waals surface area contributed by atoms with E-state index in [2.05, 4.69) is 55.0 Å². The van der Waals surface area contributed by atoms with Crippen LogP contribution in [0.2, 0.25) is 0 Å². The Bertz CT molecular complexity index is 1650. The molecule has 0 aliphatic heterocycles. The van der Waals surface area contributed by atoms with Gasteiger partial charge in [-0.05, 0) is 199 Å². The number of nitrogens with zero attached hydrogens (tertiary/aromatic N) is 5. The number of carbonyl (C=O) groups excluding carboxylic acids is 2. The van der Waals surface area contributed by atoms with Crippen molar-refractivity contribution >= 4 is 27.5 Å². The molecule has 8 aliphatic rings. The Morgan fingerprint density at radius 3 is 1.61 bits per heavy atom. The van der Waals surface area contributed by atoms with Gasteiger partial charge in [-0.3, -0.25) is 14.7 Å². The van der Waals surface area contributed by atoms with Gasteiger partial charge in [-0.15, -0.1) is 0 Å². The molecule has 0 aromatic carbocycles. The maximum atomic E-state index is 13.1. The van der Waals surface area contributed by atoms with Crippen LogP contribution in [0.5, 0.6) is 0 Å². The number of carbonyl (C=O) groups is 2. The number of ketones is 2. The molecule has 3 N–H and O–H groups in total. The lowest BCUT2D eigenvalue weighted by atomic mass is 9.49. The van der Waals surface area contributed by atoms with E-state index in [9.17, 15) is 19.8 Å². The Hall–Kier alpha value is -1.98. The summed E-state index contributed by atoms with van der Waals surface area (Å²) < 4.78 is 1.68. The van der Waals surface area contributed by atoms with Crippen molar-refractivity contribution in [3.63, 3.8) is 0 Å². The van der Waals surface area contributed by atoms with Crippen molar-refractivity contribution in [2.75, 3.05) is 5.33 Å². The number of hydrogen-bond donors (Lipinski definition) is 3. The fourth-order valence-corrected chi connectivity index (χ4v) is 16.5. The normalized spacial score (nSPS) is 46.9. The lowest BCUT2D eigenvalue weighted by Gasteiger charge is -2.56. The summed E-state index contributed by atoms with van der Waals surface area (Å²) in [5.41, 5.74) is -0.424. The van der Waals surface area contributed by atoms with Gasteiger partial charge in [0.15, 0.2) is 5.78 Å². The Balaban J connectivity index is 0.000000143. The summed E-state index contributed by atoms with van der Waals surface area (Å²) in [5, 5.41) is 31.7. The van der Waals surface area contributed by atoms with Crippen LogP contribution in [-0.4, -0.2) is 68.3 Å². The molecule has 57 heavy (non-hydrogen) atoms. The molecule has 10 rings (SSSR count). The van der Waals surface area contributed by atoms with Crippen molar-refractivity contribution in [1.29, 1.82) is 0 Å². The average Bonchev–Trinajstić information content (AvgIpc) is 4.02. The number of alkyl halides is 1. The minimum absolute atomic E-state index is 0.172. The molecule has 0 amide bonds. The fourth-order valence-electron chi connectivity index (χ4n) is 16.1. The number of aromatic nitrogens is 6. The van der Waals surface area contributed by atoms with Crippen LogP contribution in [0.25, 0.3) is 0 Å². The summed E-state index contributed by atoms with van der Waals surface area (Å²) in [6, 6.07) is 0. The zero-order chi connectivity index (χ0) is 40.2. The van der Waals surface area contributed by atoms with E-state index in [0.717, 1.165) is 91.8 Å². The smallest absolute Gasteiger partial charge is 0.157 e.